The molecule has 6 nitrogen and oxygen atoms in total. The van der Waals surface area contributed by atoms with Gasteiger partial charge in [-0.3, -0.25) is 4.79 Å². The third-order valence-corrected chi connectivity index (χ3v) is 5.78. The van der Waals surface area contributed by atoms with Crippen LogP contribution < -0.4 is 5.32 Å². The highest BCUT2D eigenvalue weighted by molar-refractivity contribution is 7.89. The number of nitriles is 1. The molecule has 0 spiro atoms. The first-order chi connectivity index (χ1) is 11.8. The number of sulfonamides is 1. The van der Waals surface area contributed by atoms with Gasteiger partial charge in [0.25, 0.3) is 0 Å². The molecule has 0 fully saturated rings. The van der Waals surface area contributed by atoms with Crippen LogP contribution in [0.5, 0.6) is 0 Å². The van der Waals surface area contributed by atoms with Crippen LogP contribution in [0.2, 0.25) is 10.0 Å². The van der Waals surface area contributed by atoms with E-state index in [0.717, 1.165) is 4.31 Å². The van der Waals surface area contributed by atoms with Gasteiger partial charge in [0.15, 0.2) is 0 Å². The van der Waals surface area contributed by atoms with Crippen molar-refractivity contribution in [3.05, 3.63) is 58.1 Å². The Kier molecular flexibility index (Phi) is 6.03. The fraction of sp³-hybridized carbons (Fsp3) is 0.125. The molecular weight excluding hydrogens is 385 g/mol. The number of carbonyl (C=O) groups is 1. The van der Waals surface area contributed by atoms with Crippen molar-refractivity contribution < 1.29 is 13.2 Å². The first kappa shape index (κ1) is 19.2. The van der Waals surface area contributed by atoms with Gasteiger partial charge in [-0.2, -0.15) is 9.57 Å². The Morgan fingerprint density at radius 3 is 2.36 bits per heavy atom. The average molecular weight is 398 g/mol. The number of nitrogens with one attached hydrogen (secondary N) is 1. The van der Waals surface area contributed by atoms with E-state index in [9.17, 15) is 13.2 Å². The number of para-hydroxylation sites is 1. The Bertz CT molecular complexity index is 935. The lowest BCUT2D eigenvalue weighted by molar-refractivity contribution is -0.116. The summed E-state index contributed by atoms with van der Waals surface area (Å²) in [5.41, 5.74) is 0.211. The molecule has 2 rings (SSSR count). The van der Waals surface area contributed by atoms with Gasteiger partial charge in [0, 0.05) is 7.05 Å². The Hall–Kier alpha value is -2.11. The van der Waals surface area contributed by atoms with Crippen molar-refractivity contribution in [1.82, 2.24) is 4.31 Å². The average Bonchev–Trinajstić information content (AvgIpc) is 2.58. The molecule has 1 N–H and O–H groups in total. The van der Waals surface area contributed by atoms with E-state index in [1.165, 1.54) is 25.2 Å². The number of anilines is 1. The molecule has 0 aliphatic rings. The zero-order valence-corrected chi connectivity index (χ0v) is 15.4. The van der Waals surface area contributed by atoms with E-state index in [0.29, 0.717) is 0 Å². The summed E-state index contributed by atoms with van der Waals surface area (Å²) in [6, 6.07) is 12.3. The van der Waals surface area contributed by atoms with Crippen LogP contribution >= 0.6 is 23.2 Å². The molecule has 0 aromatic heterocycles. The number of carbonyl (C=O) groups excluding carboxylic acids is 1. The molecule has 2 aromatic carbocycles. The second-order valence-electron chi connectivity index (χ2n) is 5.01. The number of benzene rings is 2. The highest BCUT2D eigenvalue weighted by Gasteiger charge is 2.26. The molecule has 130 valence electrons. The van der Waals surface area contributed by atoms with Crippen LogP contribution in [0, 0.1) is 11.3 Å². The van der Waals surface area contributed by atoms with Crippen molar-refractivity contribution in [2.24, 2.45) is 0 Å². The molecule has 0 atom stereocenters. The molecule has 0 bridgehead atoms. The predicted molar refractivity (Wildman–Crippen MR) is 96.1 cm³/mol. The van der Waals surface area contributed by atoms with Crippen molar-refractivity contribution in [2.45, 2.75) is 4.90 Å². The standard InChI is InChI=1S/C16H13Cl2N3O3S/c1-21(25(23,24)14-8-3-2-5-11(14)9-19)10-15(22)20-16-12(17)6-4-7-13(16)18/h2-8H,10H2,1H3,(H,20,22). The Balaban J connectivity index is 2.20. The van der Waals surface area contributed by atoms with Crippen LogP contribution in [0.4, 0.5) is 5.69 Å². The van der Waals surface area contributed by atoms with Crippen molar-refractivity contribution in [1.29, 1.82) is 5.26 Å². The van der Waals surface area contributed by atoms with E-state index in [4.69, 9.17) is 28.5 Å². The molecule has 9 heteroatoms. The number of hydrogen-bond donors (Lipinski definition) is 1. The molecule has 0 saturated carbocycles. The van der Waals surface area contributed by atoms with Gasteiger partial charge in [0.2, 0.25) is 15.9 Å². The number of amides is 1. The highest BCUT2D eigenvalue weighted by atomic mass is 35.5. The second-order valence-corrected chi connectivity index (χ2v) is 7.84. The van der Waals surface area contributed by atoms with Crippen molar-refractivity contribution >= 4 is 44.8 Å². The van der Waals surface area contributed by atoms with Crippen LogP contribution in [0.25, 0.3) is 0 Å². The van der Waals surface area contributed by atoms with Crippen LogP contribution in [0.1, 0.15) is 5.56 Å². The summed E-state index contributed by atoms with van der Waals surface area (Å²) in [5, 5.41) is 12.0. The van der Waals surface area contributed by atoms with Gasteiger partial charge < -0.3 is 5.32 Å². The SMILES string of the molecule is CN(CC(=O)Nc1c(Cl)cccc1Cl)S(=O)(=O)c1ccccc1C#N. The smallest absolute Gasteiger partial charge is 0.244 e. The van der Waals surface area contributed by atoms with Gasteiger partial charge in [-0.05, 0) is 24.3 Å². The Morgan fingerprint density at radius 1 is 1.16 bits per heavy atom. The van der Waals surface area contributed by atoms with Crippen LogP contribution in [0.3, 0.4) is 0 Å². The number of likely N-dealkylation sites (N-methyl/N-ethyl adjacent to an activating group) is 1. The molecule has 0 saturated heterocycles. The first-order valence-electron chi connectivity index (χ1n) is 6.96. The number of rotatable bonds is 5. The maximum Gasteiger partial charge on any atom is 0.244 e. The lowest BCUT2D eigenvalue weighted by atomic mass is 10.2. The molecular formula is C16H13Cl2N3O3S. The fourth-order valence-corrected chi connectivity index (χ4v) is 3.79. The first-order valence-corrected chi connectivity index (χ1v) is 9.16. The maximum absolute atomic E-state index is 12.6. The van der Waals surface area contributed by atoms with Crippen molar-refractivity contribution in [3.8, 4) is 6.07 Å². The number of halogens is 2. The van der Waals surface area contributed by atoms with Gasteiger partial charge in [-0.15, -0.1) is 0 Å². The number of hydrogen-bond acceptors (Lipinski definition) is 4. The Morgan fingerprint density at radius 2 is 1.76 bits per heavy atom. The lowest BCUT2D eigenvalue weighted by Crippen LogP contribution is -2.35. The third kappa shape index (κ3) is 4.30. The molecule has 25 heavy (non-hydrogen) atoms. The minimum atomic E-state index is -4.01. The number of nitrogens with zero attached hydrogens (tertiary/aromatic N) is 2. The van der Waals surface area contributed by atoms with E-state index >= 15 is 0 Å². The molecule has 0 unspecified atom stereocenters. The van der Waals surface area contributed by atoms with Gasteiger partial charge in [0.1, 0.15) is 6.07 Å². The summed E-state index contributed by atoms with van der Waals surface area (Å²) in [6.45, 7) is -0.469. The van der Waals surface area contributed by atoms with Crippen LogP contribution in [0.15, 0.2) is 47.4 Å². The molecule has 0 radical (unpaired) electrons. The summed E-state index contributed by atoms with van der Waals surface area (Å²) in [6.07, 6.45) is 0. The van der Waals surface area contributed by atoms with Crippen molar-refractivity contribution in [2.75, 3.05) is 18.9 Å². The minimum Gasteiger partial charge on any atom is -0.322 e. The normalized spacial score (nSPS) is 11.2. The summed E-state index contributed by atoms with van der Waals surface area (Å²) < 4.78 is 26.0. The highest BCUT2D eigenvalue weighted by Crippen LogP contribution is 2.29. The minimum absolute atomic E-state index is 0.00362. The topological polar surface area (TPSA) is 90.3 Å². The lowest BCUT2D eigenvalue weighted by Gasteiger charge is -2.18. The molecule has 2 aromatic rings. The third-order valence-electron chi connectivity index (χ3n) is 3.29. The molecule has 0 aliphatic heterocycles. The van der Waals surface area contributed by atoms with E-state index in [1.54, 1.807) is 24.3 Å². The van der Waals surface area contributed by atoms with E-state index in [-0.39, 0.29) is 26.2 Å². The zero-order valence-electron chi connectivity index (χ0n) is 13.0. The van der Waals surface area contributed by atoms with Gasteiger partial charge in [0.05, 0.1) is 32.7 Å². The molecule has 0 heterocycles. The van der Waals surface area contributed by atoms with E-state index < -0.39 is 22.5 Å². The summed E-state index contributed by atoms with van der Waals surface area (Å²) in [7, 11) is -2.76. The van der Waals surface area contributed by atoms with E-state index in [1.807, 2.05) is 6.07 Å². The largest absolute Gasteiger partial charge is 0.322 e. The fourth-order valence-electron chi connectivity index (χ4n) is 2.04. The summed E-state index contributed by atoms with van der Waals surface area (Å²) >= 11 is 11.9. The van der Waals surface area contributed by atoms with Crippen LogP contribution in [-0.4, -0.2) is 32.2 Å². The maximum atomic E-state index is 12.6. The summed E-state index contributed by atoms with van der Waals surface area (Å²) in [5.74, 6) is -0.615. The second kappa shape index (κ2) is 7.85. The quantitative estimate of drug-likeness (QED) is 0.838. The predicted octanol–water partition coefficient (Wildman–Crippen LogP) is 3.12. The summed E-state index contributed by atoms with van der Waals surface area (Å²) in [4.78, 5) is 12.0. The van der Waals surface area contributed by atoms with E-state index in [2.05, 4.69) is 5.32 Å². The van der Waals surface area contributed by atoms with Crippen molar-refractivity contribution in [3.63, 3.8) is 0 Å². The zero-order chi connectivity index (χ0) is 18.6. The monoisotopic (exact) mass is 397 g/mol. The molecule has 0 aliphatic carbocycles. The molecule has 1 amide bonds. The van der Waals surface area contributed by atoms with Gasteiger partial charge in [-0.25, -0.2) is 8.42 Å². The Labute approximate surface area is 155 Å². The van der Waals surface area contributed by atoms with Gasteiger partial charge >= 0.3 is 0 Å². The van der Waals surface area contributed by atoms with Crippen LogP contribution in [-0.2, 0) is 14.8 Å². The van der Waals surface area contributed by atoms with Gasteiger partial charge in [-0.1, -0.05) is 41.4 Å².